The van der Waals surface area contributed by atoms with Crippen molar-refractivity contribution in [3.8, 4) is 27.9 Å². The zero-order valence-electron chi connectivity index (χ0n) is 20.9. The van der Waals surface area contributed by atoms with Crippen molar-refractivity contribution in [3.05, 3.63) is 152 Å². The molecule has 0 unspecified atom stereocenters. The van der Waals surface area contributed by atoms with Gasteiger partial charge >= 0.3 is 0 Å². The Morgan fingerprint density at radius 2 is 1.08 bits per heavy atom. The Bertz CT molecular complexity index is 1880. The first-order chi connectivity index (χ1) is 18.9. The van der Waals surface area contributed by atoms with Crippen molar-refractivity contribution < 1.29 is 0 Å². The molecule has 0 spiro atoms. The molecule has 38 heavy (non-hydrogen) atoms. The fraction of sp³-hybridized carbons (Fsp3) is 0. The van der Waals surface area contributed by atoms with Gasteiger partial charge in [0.25, 0.3) is 0 Å². The molecule has 0 radical (unpaired) electrons. The Hall–Kier alpha value is -5.08. The second-order valence-electron chi connectivity index (χ2n) is 9.51. The molecule has 180 valence electrons. The molecule has 0 saturated heterocycles. The van der Waals surface area contributed by atoms with Crippen LogP contribution >= 0.6 is 0 Å². The Labute approximate surface area is 222 Å². The van der Waals surface area contributed by atoms with Crippen LogP contribution in [-0.4, -0.2) is 4.57 Å². The molecule has 2 heteroatoms. The predicted molar refractivity (Wildman–Crippen MR) is 161 cm³/mol. The topological polar surface area (TPSA) is 17.0 Å². The van der Waals surface area contributed by atoms with E-state index in [2.05, 4.69) is 162 Å². The van der Waals surface area contributed by atoms with Gasteiger partial charge in [-0.2, -0.15) is 0 Å². The van der Waals surface area contributed by atoms with Crippen LogP contribution in [0.5, 0.6) is 0 Å². The molecule has 1 N–H and O–H groups in total. The summed E-state index contributed by atoms with van der Waals surface area (Å²) >= 11 is 0. The Kier molecular flexibility index (Phi) is 5.49. The Morgan fingerprint density at radius 3 is 1.95 bits per heavy atom. The molecule has 0 amide bonds. The molecule has 1 heterocycles. The van der Waals surface area contributed by atoms with Gasteiger partial charge in [-0.1, -0.05) is 109 Å². The largest absolute Gasteiger partial charge is 0.355 e. The van der Waals surface area contributed by atoms with Gasteiger partial charge in [-0.3, -0.25) is 0 Å². The molecule has 7 rings (SSSR count). The third-order valence-corrected chi connectivity index (χ3v) is 7.18. The van der Waals surface area contributed by atoms with Crippen molar-refractivity contribution in [2.75, 3.05) is 5.32 Å². The van der Waals surface area contributed by atoms with Gasteiger partial charge in [-0.05, 0) is 59.2 Å². The molecule has 1 aromatic heterocycles. The maximum atomic E-state index is 3.69. The number of hydrogen-bond donors (Lipinski definition) is 1. The first-order valence-corrected chi connectivity index (χ1v) is 13.0. The fourth-order valence-corrected chi connectivity index (χ4v) is 5.50. The standard InChI is InChI=1S/C36H26N2/c1-3-13-26(14-4-1)30-19-7-9-22-33(30)37-28-16-11-15-27(25-28)31-21-12-24-35-36(31)32-20-8-10-23-34(32)38(35)29-17-5-2-6-18-29/h1-25,37H. The summed E-state index contributed by atoms with van der Waals surface area (Å²) in [5, 5.41) is 6.22. The second kappa shape index (κ2) is 9.42. The van der Waals surface area contributed by atoms with Crippen LogP contribution in [0.3, 0.4) is 0 Å². The van der Waals surface area contributed by atoms with Crippen LogP contribution in [0, 0.1) is 0 Å². The van der Waals surface area contributed by atoms with E-state index in [0.717, 1.165) is 11.4 Å². The van der Waals surface area contributed by atoms with E-state index in [0.29, 0.717) is 0 Å². The van der Waals surface area contributed by atoms with E-state index in [1.54, 1.807) is 0 Å². The molecule has 7 aromatic rings. The highest BCUT2D eigenvalue weighted by Crippen LogP contribution is 2.39. The summed E-state index contributed by atoms with van der Waals surface area (Å²) < 4.78 is 2.37. The molecule has 6 aromatic carbocycles. The summed E-state index contributed by atoms with van der Waals surface area (Å²) in [7, 11) is 0. The molecule has 0 fully saturated rings. The molecule has 0 atom stereocenters. The maximum Gasteiger partial charge on any atom is 0.0547 e. The van der Waals surface area contributed by atoms with Crippen molar-refractivity contribution in [2.45, 2.75) is 0 Å². The summed E-state index contributed by atoms with van der Waals surface area (Å²) in [5.74, 6) is 0. The van der Waals surface area contributed by atoms with Crippen LogP contribution in [0.15, 0.2) is 152 Å². The zero-order valence-corrected chi connectivity index (χ0v) is 20.9. The third-order valence-electron chi connectivity index (χ3n) is 7.18. The van der Waals surface area contributed by atoms with E-state index in [-0.39, 0.29) is 0 Å². The predicted octanol–water partition coefficient (Wildman–Crippen LogP) is 9.86. The molecular weight excluding hydrogens is 460 g/mol. The smallest absolute Gasteiger partial charge is 0.0547 e. The number of nitrogens with one attached hydrogen (secondary N) is 1. The van der Waals surface area contributed by atoms with Gasteiger partial charge in [0.15, 0.2) is 0 Å². The van der Waals surface area contributed by atoms with Crippen LogP contribution in [0.1, 0.15) is 0 Å². The molecular formula is C36H26N2. The van der Waals surface area contributed by atoms with E-state index < -0.39 is 0 Å². The number of hydrogen-bond acceptors (Lipinski definition) is 1. The average Bonchev–Trinajstić information content (AvgIpc) is 3.33. The van der Waals surface area contributed by atoms with Gasteiger partial charge in [-0.15, -0.1) is 0 Å². The van der Waals surface area contributed by atoms with Gasteiger partial charge in [0.05, 0.1) is 11.0 Å². The summed E-state index contributed by atoms with van der Waals surface area (Å²) in [6.45, 7) is 0. The highest BCUT2D eigenvalue weighted by molar-refractivity contribution is 6.15. The van der Waals surface area contributed by atoms with Gasteiger partial charge in [0.2, 0.25) is 0 Å². The molecule has 0 aliphatic rings. The highest BCUT2D eigenvalue weighted by atomic mass is 15.0. The van der Waals surface area contributed by atoms with Crippen LogP contribution in [0.2, 0.25) is 0 Å². The summed E-state index contributed by atoms with van der Waals surface area (Å²) in [6.07, 6.45) is 0. The van der Waals surface area contributed by atoms with Crippen molar-refractivity contribution in [1.82, 2.24) is 4.57 Å². The van der Waals surface area contributed by atoms with Gasteiger partial charge in [-0.25, -0.2) is 0 Å². The second-order valence-corrected chi connectivity index (χ2v) is 9.51. The van der Waals surface area contributed by atoms with Crippen LogP contribution < -0.4 is 5.32 Å². The van der Waals surface area contributed by atoms with Crippen molar-refractivity contribution >= 4 is 33.2 Å². The quantitative estimate of drug-likeness (QED) is 0.256. The first-order valence-electron chi connectivity index (χ1n) is 13.0. The first kappa shape index (κ1) is 22.1. The fourth-order valence-electron chi connectivity index (χ4n) is 5.50. The molecule has 2 nitrogen and oxygen atoms in total. The molecule has 0 saturated carbocycles. The molecule has 0 aliphatic heterocycles. The van der Waals surface area contributed by atoms with Crippen LogP contribution in [0.4, 0.5) is 11.4 Å². The van der Waals surface area contributed by atoms with E-state index in [4.69, 9.17) is 0 Å². The highest BCUT2D eigenvalue weighted by Gasteiger charge is 2.16. The number of nitrogens with zero attached hydrogens (tertiary/aromatic N) is 1. The maximum absolute atomic E-state index is 3.69. The number of fused-ring (bicyclic) bond motifs is 3. The lowest BCUT2D eigenvalue weighted by Gasteiger charge is -2.14. The lowest BCUT2D eigenvalue weighted by atomic mass is 9.98. The Morgan fingerprint density at radius 1 is 0.447 bits per heavy atom. The van der Waals surface area contributed by atoms with Gasteiger partial charge in [0, 0.05) is 33.4 Å². The van der Waals surface area contributed by atoms with Crippen molar-refractivity contribution in [3.63, 3.8) is 0 Å². The molecule has 0 bridgehead atoms. The van der Waals surface area contributed by atoms with E-state index in [1.165, 1.54) is 49.7 Å². The van der Waals surface area contributed by atoms with Gasteiger partial charge < -0.3 is 9.88 Å². The number of benzene rings is 6. The normalized spacial score (nSPS) is 11.2. The third kappa shape index (κ3) is 3.84. The van der Waals surface area contributed by atoms with Gasteiger partial charge in [0.1, 0.15) is 0 Å². The minimum absolute atomic E-state index is 1.06. The lowest BCUT2D eigenvalue weighted by molar-refractivity contribution is 1.18. The van der Waals surface area contributed by atoms with Crippen LogP contribution in [0.25, 0.3) is 49.7 Å². The average molecular weight is 487 g/mol. The van der Waals surface area contributed by atoms with Crippen LogP contribution in [-0.2, 0) is 0 Å². The van der Waals surface area contributed by atoms with Crippen molar-refractivity contribution in [1.29, 1.82) is 0 Å². The Balaban J connectivity index is 1.36. The summed E-state index contributed by atoms with van der Waals surface area (Å²) in [5.41, 5.74) is 10.6. The minimum Gasteiger partial charge on any atom is -0.355 e. The van der Waals surface area contributed by atoms with E-state index in [1.807, 2.05) is 0 Å². The number of aromatic nitrogens is 1. The summed E-state index contributed by atoms with van der Waals surface area (Å²) in [4.78, 5) is 0. The van der Waals surface area contributed by atoms with Crippen molar-refractivity contribution in [2.24, 2.45) is 0 Å². The van der Waals surface area contributed by atoms with E-state index >= 15 is 0 Å². The monoisotopic (exact) mass is 486 g/mol. The number of rotatable bonds is 5. The summed E-state index contributed by atoms with van der Waals surface area (Å²) in [6, 6.07) is 53.7. The molecule has 0 aliphatic carbocycles. The number of anilines is 2. The SMILES string of the molecule is c1ccc(-c2ccccc2Nc2cccc(-c3cccc4c3c3ccccc3n4-c3ccccc3)c2)cc1. The number of para-hydroxylation sites is 3. The zero-order chi connectivity index (χ0) is 25.3. The lowest BCUT2D eigenvalue weighted by Crippen LogP contribution is -1.94. The van der Waals surface area contributed by atoms with E-state index in [9.17, 15) is 0 Å². The minimum atomic E-state index is 1.06.